The van der Waals surface area contributed by atoms with Gasteiger partial charge in [0.2, 0.25) is 5.76 Å². The molecule has 1 amide bonds. The summed E-state index contributed by atoms with van der Waals surface area (Å²) >= 11 is 5.65. The Hall–Kier alpha value is -1.03. The van der Waals surface area contributed by atoms with Crippen molar-refractivity contribution in [2.75, 3.05) is 5.88 Å². The van der Waals surface area contributed by atoms with Crippen molar-refractivity contribution in [3.05, 3.63) is 17.3 Å². The van der Waals surface area contributed by atoms with Crippen LogP contribution in [0.5, 0.6) is 0 Å². The molecule has 0 radical (unpaired) electrons. The molecular formula is C11H17ClN2O2. The summed E-state index contributed by atoms with van der Waals surface area (Å²) in [6, 6.07) is 0.0924. The minimum Gasteiger partial charge on any atom is -0.436 e. The van der Waals surface area contributed by atoms with Gasteiger partial charge in [-0.2, -0.15) is 0 Å². The number of carbonyl (C=O) groups is 1. The Bertz CT molecular complexity index is 363. The van der Waals surface area contributed by atoms with Gasteiger partial charge in [0.15, 0.2) is 5.89 Å². The Balaban J connectivity index is 2.67. The summed E-state index contributed by atoms with van der Waals surface area (Å²) in [5.74, 6) is 1.13. The van der Waals surface area contributed by atoms with Crippen LogP contribution in [0.15, 0.2) is 4.42 Å². The minimum atomic E-state index is -0.213. The summed E-state index contributed by atoms with van der Waals surface area (Å²) in [6.07, 6.45) is 1.61. The number of nitrogens with one attached hydrogen (secondary N) is 1. The Kier molecular flexibility index (Phi) is 4.80. The first-order valence-corrected chi connectivity index (χ1v) is 5.92. The molecule has 16 heavy (non-hydrogen) atoms. The zero-order valence-electron chi connectivity index (χ0n) is 9.84. The third-order valence-corrected chi connectivity index (χ3v) is 2.61. The summed E-state index contributed by atoms with van der Waals surface area (Å²) in [5, 5.41) is 2.88. The van der Waals surface area contributed by atoms with E-state index >= 15 is 0 Å². The van der Waals surface area contributed by atoms with Gasteiger partial charge in [-0.05, 0) is 19.8 Å². The molecule has 0 saturated carbocycles. The van der Waals surface area contributed by atoms with Gasteiger partial charge in [-0.3, -0.25) is 4.79 Å². The Morgan fingerprint density at radius 3 is 2.69 bits per heavy atom. The fourth-order valence-corrected chi connectivity index (χ4v) is 1.77. The third-order valence-electron chi connectivity index (χ3n) is 2.40. The van der Waals surface area contributed by atoms with Crippen LogP contribution in [0.4, 0.5) is 0 Å². The summed E-state index contributed by atoms with van der Waals surface area (Å²) in [4.78, 5) is 15.9. The highest BCUT2D eigenvalue weighted by molar-refractivity contribution is 6.17. The van der Waals surface area contributed by atoms with Crippen LogP contribution < -0.4 is 5.32 Å². The molecule has 1 N–H and O–H groups in total. The average Bonchev–Trinajstić information content (AvgIpc) is 2.57. The predicted molar refractivity (Wildman–Crippen MR) is 62.9 cm³/mol. The standard InChI is InChI=1S/C11H17ClN2O2/c1-4-9(5-6-12)14-11(15)10-7(2)13-8(3)16-10/h9H,4-6H2,1-3H3,(H,14,15). The highest BCUT2D eigenvalue weighted by Crippen LogP contribution is 2.10. The quantitative estimate of drug-likeness (QED) is 0.810. The molecule has 1 rings (SSSR count). The lowest BCUT2D eigenvalue weighted by molar-refractivity contribution is 0.0905. The fraction of sp³-hybridized carbons (Fsp3) is 0.636. The van der Waals surface area contributed by atoms with E-state index in [9.17, 15) is 4.79 Å². The molecule has 0 aliphatic rings. The van der Waals surface area contributed by atoms with Crippen molar-refractivity contribution in [2.45, 2.75) is 39.7 Å². The monoisotopic (exact) mass is 244 g/mol. The van der Waals surface area contributed by atoms with Crippen LogP contribution in [0.25, 0.3) is 0 Å². The predicted octanol–water partition coefficient (Wildman–Crippen LogP) is 2.43. The van der Waals surface area contributed by atoms with Crippen LogP contribution in [-0.2, 0) is 0 Å². The van der Waals surface area contributed by atoms with Crippen LogP contribution in [0.1, 0.15) is 41.9 Å². The highest BCUT2D eigenvalue weighted by atomic mass is 35.5. The maximum atomic E-state index is 11.8. The summed E-state index contributed by atoms with van der Waals surface area (Å²) in [5.41, 5.74) is 0.621. The van der Waals surface area contributed by atoms with E-state index in [-0.39, 0.29) is 11.9 Å². The molecule has 0 aliphatic carbocycles. The molecule has 0 aromatic carbocycles. The van der Waals surface area contributed by atoms with E-state index in [0.717, 1.165) is 12.8 Å². The van der Waals surface area contributed by atoms with E-state index in [4.69, 9.17) is 16.0 Å². The summed E-state index contributed by atoms with van der Waals surface area (Å²) in [7, 11) is 0. The lowest BCUT2D eigenvalue weighted by Crippen LogP contribution is -2.34. The third kappa shape index (κ3) is 3.23. The van der Waals surface area contributed by atoms with Gasteiger partial charge in [-0.15, -0.1) is 11.6 Å². The normalized spacial score (nSPS) is 12.5. The second kappa shape index (κ2) is 5.89. The zero-order valence-corrected chi connectivity index (χ0v) is 10.6. The van der Waals surface area contributed by atoms with Crippen LogP contribution in [0.3, 0.4) is 0 Å². The van der Waals surface area contributed by atoms with Crippen molar-refractivity contribution in [3.63, 3.8) is 0 Å². The number of rotatable bonds is 5. The molecule has 4 nitrogen and oxygen atoms in total. The second-order valence-electron chi connectivity index (χ2n) is 3.70. The van der Waals surface area contributed by atoms with Gasteiger partial charge in [0, 0.05) is 18.8 Å². The molecule has 5 heteroatoms. The van der Waals surface area contributed by atoms with Crippen molar-refractivity contribution in [1.82, 2.24) is 10.3 Å². The molecule has 1 aromatic rings. The van der Waals surface area contributed by atoms with E-state index in [1.54, 1.807) is 13.8 Å². The number of alkyl halides is 1. The molecule has 0 fully saturated rings. The molecule has 0 saturated heterocycles. The molecule has 1 atom stereocenters. The average molecular weight is 245 g/mol. The molecular weight excluding hydrogens is 228 g/mol. The second-order valence-corrected chi connectivity index (χ2v) is 4.08. The molecule has 0 aliphatic heterocycles. The van der Waals surface area contributed by atoms with E-state index in [2.05, 4.69) is 10.3 Å². The number of hydrogen-bond donors (Lipinski definition) is 1. The smallest absolute Gasteiger partial charge is 0.289 e. The molecule has 0 spiro atoms. The fourth-order valence-electron chi connectivity index (χ4n) is 1.50. The van der Waals surface area contributed by atoms with Gasteiger partial charge in [0.25, 0.3) is 5.91 Å². The van der Waals surface area contributed by atoms with Crippen LogP contribution in [0.2, 0.25) is 0 Å². The maximum absolute atomic E-state index is 11.8. The van der Waals surface area contributed by atoms with Crippen LogP contribution in [-0.4, -0.2) is 22.8 Å². The first-order valence-electron chi connectivity index (χ1n) is 5.39. The van der Waals surface area contributed by atoms with E-state index in [1.165, 1.54) is 0 Å². The number of nitrogens with zero attached hydrogens (tertiary/aromatic N) is 1. The first kappa shape index (κ1) is 13.0. The summed E-state index contributed by atoms with van der Waals surface area (Å²) < 4.78 is 5.24. The molecule has 0 bridgehead atoms. The number of hydrogen-bond acceptors (Lipinski definition) is 3. The molecule has 1 unspecified atom stereocenters. The number of aryl methyl sites for hydroxylation is 2. The number of aromatic nitrogens is 1. The SMILES string of the molecule is CCC(CCCl)NC(=O)c1oc(C)nc1C. The number of oxazole rings is 1. The van der Waals surface area contributed by atoms with Crippen molar-refractivity contribution in [1.29, 1.82) is 0 Å². The Morgan fingerprint density at radius 1 is 1.56 bits per heavy atom. The van der Waals surface area contributed by atoms with Gasteiger partial charge in [0.1, 0.15) is 0 Å². The lowest BCUT2D eigenvalue weighted by Gasteiger charge is -2.14. The van der Waals surface area contributed by atoms with Gasteiger partial charge >= 0.3 is 0 Å². The van der Waals surface area contributed by atoms with Gasteiger partial charge < -0.3 is 9.73 Å². The topological polar surface area (TPSA) is 55.1 Å². The van der Waals surface area contributed by atoms with Crippen LogP contribution in [0, 0.1) is 13.8 Å². The molecule has 1 aromatic heterocycles. The molecule has 1 heterocycles. The minimum absolute atomic E-state index is 0.0924. The van der Waals surface area contributed by atoms with Crippen molar-refractivity contribution >= 4 is 17.5 Å². The number of halogens is 1. The highest BCUT2D eigenvalue weighted by Gasteiger charge is 2.18. The molecule has 90 valence electrons. The largest absolute Gasteiger partial charge is 0.436 e. The lowest BCUT2D eigenvalue weighted by atomic mass is 10.1. The maximum Gasteiger partial charge on any atom is 0.289 e. The Labute approximate surface area is 100 Å². The van der Waals surface area contributed by atoms with E-state index < -0.39 is 0 Å². The van der Waals surface area contributed by atoms with Crippen molar-refractivity contribution < 1.29 is 9.21 Å². The first-order chi connectivity index (χ1) is 7.58. The number of amides is 1. The number of carbonyl (C=O) groups excluding carboxylic acids is 1. The summed E-state index contributed by atoms with van der Waals surface area (Å²) in [6.45, 7) is 5.49. The van der Waals surface area contributed by atoms with Crippen LogP contribution >= 0.6 is 11.6 Å². The van der Waals surface area contributed by atoms with Crippen molar-refractivity contribution in [2.24, 2.45) is 0 Å². The van der Waals surface area contributed by atoms with Crippen molar-refractivity contribution in [3.8, 4) is 0 Å². The van der Waals surface area contributed by atoms with E-state index in [0.29, 0.717) is 23.2 Å². The van der Waals surface area contributed by atoms with Gasteiger partial charge in [0.05, 0.1) is 5.69 Å². The van der Waals surface area contributed by atoms with Gasteiger partial charge in [-0.25, -0.2) is 4.98 Å². The van der Waals surface area contributed by atoms with Gasteiger partial charge in [-0.1, -0.05) is 6.92 Å². The van der Waals surface area contributed by atoms with E-state index in [1.807, 2.05) is 6.92 Å². The Morgan fingerprint density at radius 2 is 2.25 bits per heavy atom. The zero-order chi connectivity index (χ0) is 12.1.